The molecule has 0 fully saturated rings. The first-order valence-electron chi connectivity index (χ1n) is 4.43. The summed E-state index contributed by atoms with van der Waals surface area (Å²) in [4.78, 5) is 16.6. The lowest BCUT2D eigenvalue weighted by Gasteiger charge is -2.17. The molecule has 0 aliphatic carbocycles. The molecule has 0 bridgehead atoms. The zero-order chi connectivity index (χ0) is 12.5. The Labute approximate surface area is 91.1 Å². The highest BCUT2D eigenvalue weighted by Crippen LogP contribution is 2.28. The van der Waals surface area contributed by atoms with Gasteiger partial charge in [0, 0.05) is 0 Å². The number of hydrogen-bond donors (Lipinski definition) is 5. The van der Waals surface area contributed by atoms with E-state index >= 15 is 0 Å². The first-order valence-corrected chi connectivity index (χ1v) is 5.60. The largest absolute Gasteiger partial charge is 0.394 e. The maximum absolute atomic E-state index is 8.31. The van der Waals surface area contributed by atoms with Gasteiger partial charge in [-0.3, -0.25) is 0 Å². The highest BCUT2D eigenvalue weighted by Gasteiger charge is 2.12. The predicted octanol–water partition coefficient (Wildman–Crippen LogP) is -0.407. The number of aliphatic hydroxyl groups excluding tert-OH is 3. The molecule has 0 amide bonds. The van der Waals surface area contributed by atoms with Gasteiger partial charge in [0.05, 0.1) is 19.8 Å². The Morgan fingerprint density at radius 1 is 1.13 bits per heavy atom. The van der Waals surface area contributed by atoms with Crippen LogP contribution in [-0.4, -0.2) is 51.0 Å². The third kappa shape index (κ3) is 20.3. The van der Waals surface area contributed by atoms with E-state index in [0.717, 1.165) is 0 Å². The van der Waals surface area contributed by atoms with Crippen molar-refractivity contribution in [3.8, 4) is 0 Å². The highest BCUT2D eigenvalue weighted by molar-refractivity contribution is 7.39. The maximum Gasteiger partial charge on any atom is 0.327 e. The number of rotatable bonds is 4. The maximum atomic E-state index is 8.31. The first-order chi connectivity index (χ1) is 6.72. The monoisotopic (exact) mass is 244 g/mol. The van der Waals surface area contributed by atoms with Crippen molar-refractivity contribution in [2.75, 3.05) is 19.8 Å². The molecule has 0 aliphatic heterocycles. The average molecular weight is 244 g/mol. The minimum absolute atomic E-state index is 0.00600. The molecule has 0 saturated heterocycles. The molecule has 0 aromatic rings. The van der Waals surface area contributed by atoms with E-state index in [9.17, 15) is 0 Å². The van der Waals surface area contributed by atoms with Crippen molar-refractivity contribution in [3.63, 3.8) is 0 Å². The first kappa shape index (κ1) is 17.6. The molecule has 0 atom stereocenters. The Morgan fingerprint density at radius 3 is 1.60 bits per heavy atom. The van der Waals surface area contributed by atoms with Gasteiger partial charge in [-0.25, -0.2) is 0 Å². The summed E-state index contributed by atoms with van der Waals surface area (Å²) in [6.45, 7) is 5.54. The molecule has 0 spiro atoms. The molecule has 0 saturated carbocycles. The van der Waals surface area contributed by atoms with Gasteiger partial charge < -0.3 is 29.6 Å². The minimum atomic E-state index is -2.16. The van der Waals surface area contributed by atoms with Crippen molar-refractivity contribution in [2.24, 2.45) is 5.41 Å². The van der Waals surface area contributed by atoms with Crippen LogP contribution in [0.5, 0.6) is 0 Å². The second-order valence-electron chi connectivity index (χ2n) is 4.11. The molecule has 0 aliphatic rings. The summed E-state index contributed by atoms with van der Waals surface area (Å²) in [5.41, 5.74) is 0.00600. The van der Waals surface area contributed by atoms with E-state index in [1.165, 1.54) is 0 Å². The Kier molecular flexibility index (Phi) is 11.0. The predicted molar refractivity (Wildman–Crippen MR) is 56.9 cm³/mol. The summed E-state index contributed by atoms with van der Waals surface area (Å²) in [5.74, 6) is 0. The Morgan fingerprint density at radius 2 is 1.53 bits per heavy atom. The Balaban J connectivity index is 0. The lowest BCUT2D eigenvalue weighted by atomic mass is 9.99. The van der Waals surface area contributed by atoms with Crippen LogP contribution in [0.15, 0.2) is 0 Å². The van der Waals surface area contributed by atoms with Gasteiger partial charge in [0.25, 0.3) is 0 Å². The normalized spacial score (nSPS) is 11.6. The second-order valence-corrected chi connectivity index (χ2v) is 4.87. The zero-order valence-electron chi connectivity index (χ0n) is 9.29. The molecule has 0 unspecified atom stereocenters. The topological polar surface area (TPSA) is 110 Å². The molecule has 0 aromatic carbocycles. The van der Waals surface area contributed by atoms with E-state index in [-0.39, 0.29) is 18.6 Å². The van der Waals surface area contributed by atoms with Crippen LogP contribution in [0.2, 0.25) is 0 Å². The lowest BCUT2D eigenvalue weighted by Crippen LogP contribution is -2.15. The van der Waals surface area contributed by atoms with Crippen LogP contribution in [0.4, 0.5) is 0 Å². The fourth-order valence-electron chi connectivity index (χ4n) is 0.309. The van der Waals surface area contributed by atoms with Crippen molar-refractivity contribution >= 4 is 8.60 Å². The van der Waals surface area contributed by atoms with Crippen molar-refractivity contribution in [3.05, 3.63) is 0 Å². The average Bonchev–Trinajstić information content (AvgIpc) is 2.13. The third-order valence-corrected chi connectivity index (χ3v) is 1.39. The molecule has 0 aromatic heterocycles. The van der Waals surface area contributed by atoms with E-state index in [1.54, 1.807) is 0 Å². The van der Waals surface area contributed by atoms with Gasteiger partial charge in [0.2, 0.25) is 0 Å². The van der Waals surface area contributed by atoms with Gasteiger partial charge in [-0.15, -0.1) is 0 Å². The molecule has 0 radical (unpaired) electrons. The fourth-order valence-corrected chi connectivity index (χ4v) is 0.812. The van der Waals surface area contributed by atoms with E-state index in [0.29, 0.717) is 6.61 Å². The molecular weight excluding hydrogens is 223 g/mol. The Bertz CT molecular complexity index is 132. The van der Waals surface area contributed by atoms with E-state index < -0.39 is 14.7 Å². The van der Waals surface area contributed by atoms with Crippen molar-refractivity contribution in [1.29, 1.82) is 0 Å². The summed E-state index contributed by atoms with van der Waals surface area (Å²) in [5, 5.41) is 24.0. The zero-order valence-corrected chi connectivity index (χ0v) is 10.2. The smallest absolute Gasteiger partial charge is 0.327 e. The van der Waals surface area contributed by atoms with E-state index in [2.05, 4.69) is 4.52 Å². The highest BCUT2D eigenvalue weighted by atomic mass is 31.2. The molecular formula is C8H21O6P. The molecule has 7 heteroatoms. The van der Waals surface area contributed by atoms with Gasteiger partial charge in [-0.05, 0) is 5.41 Å². The standard InChI is InChI=1S/C5H13O3P.C3H8O3/c1-5(2,3)4-8-9(6)7;4-1-3(6)2-5/h6-7H,4H2,1-3H3;3-6H,1-2H2. The summed E-state index contributed by atoms with van der Waals surface area (Å²) in [6, 6.07) is 0. The number of hydrogen-bond acceptors (Lipinski definition) is 6. The van der Waals surface area contributed by atoms with E-state index in [1.807, 2.05) is 20.8 Å². The van der Waals surface area contributed by atoms with Crippen LogP contribution in [0.3, 0.4) is 0 Å². The van der Waals surface area contributed by atoms with Gasteiger partial charge in [0.15, 0.2) is 0 Å². The minimum Gasteiger partial charge on any atom is -0.394 e. The van der Waals surface area contributed by atoms with Crippen molar-refractivity contribution in [2.45, 2.75) is 26.9 Å². The molecule has 15 heavy (non-hydrogen) atoms. The van der Waals surface area contributed by atoms with Crippen LogP contribution in [0.1, 0.15) is 20.8 Å². The van der Waals surface area contributed by atoms with Gasteiger partial charge in [0.1, 0.15) is 6.10 Å². The van der Waals surface area contributed by atoms with Crippen LogP contribution in [0.25, 0.3) is 0 Å². The molecule has 0 heterocycles. The van der Waals surface area contributed by atoms with Crippen LogP contribution < -0.4 is 0 Å². The lowest BCUT2D eigenvalue weighted by molar-refractivity contribution is 0.0450. The van der Waals surface area contributed by atoms with Gasteiger partial charge in [-0.2, -0.15) is 0 Å². The third-order valence-electron chi connectivity index (χ3n) is 1.03. The van der Waals surface area contributed by atoms with Crippen molar-refractivity contribution in [1.82, 2.24) is 0 Å². The molecule has 6 nitrogen and oxygen atoms in total. The summed E-state index contributed by atoms with van der Waals surface area (Å²) < 4.78 is 4.58. The fraction of sp³-hybridized carbons (Fsp3) is 1.00. The molecule has 5 N–H and O–H groups in total. The van der Waals surface area contributed by atoms with E-state index in [4.69, 9.17) is 25.1 Å². The molecule has 94 valence electrons. The second kappa shape index (κ2) is 9.42. The molecule has 0 rings (SSSR count). The Hall–Kier alpha value is 0.190. The van der Waals surface area contributed by atoms with Crippen molar-refractivity contribution < 1.29 is 29.6 Å². The summed E-state index contributed by atoms with van der Waals surface area (Å²) >= 11 is 0. The van der Waals surface area contributed by atoms with Crippen LogP contribution >= 0.6 is 8.60 Å². The quantitative estimate of drug-likeness (QED) is 0.430. The number of aliphatic hydroxyl groups is 3. The summed E-state index contributed by atoms with van der Waals surface area (Å²) in [6.07, 6.45) is -0.954. The van der Waals surface area contributed by atoms with Gasteiger partial charge >= 0.3 is 8.60 Å². The SMILES string of the molecule is CC(C)(C)COP(O)O.OCC(O)CO. The van der Waals surface area contributed by atoms with Crippen LogP contribution in [0, 0.1) is 5.41 Å². The van der Waals surface area contributed by atoms with Gasteiger partial charge in [-0.1, -0.05) is 20.8 Å². The van der Waals surface area contributed by atoms with Crippen LogP contribution in [-0.2, 0) is 4.52 Å². The summed E-state index contributed by atoms with van der Waals surface area (Å²) in [7, 11) is -2.16.